The van der Waals surface area contributed by atoms with Crippen molar-refractivity contribution in [1.82, 2.24) is 9.55 Å². The maximum atomic E-state index is 15.1. The van der Waals surface area contributed by atoms with Gasteiger partial charge in [0.15, 0.2) is 5.78 Å². The molecule has 3 aromatic rings. The van der Waals surface area contributed by atoms with E-state index in [4.69, 9.17) is 9.47 Å². The van der Waals surface area contributed by atoms with Crippen LogP contribution in [0.25, 0.3) is 11.0 Å². The molecule has 324 valence electrons. The number of aromatic amines is 1. The highest BCUT2D eigenvalue weighted by molar-refractivity contribution is 6.02. The van der Waals surface area contributed by atoms with Gasteiger partial charge in [-0.05, 0) is 134 Å². The zero-order chi connectivity index (χ0) is 42.6. The van der Waals surface area contributed by atoms with Gasteiger partial charge >= 0.3 is 0 Å². The lowest BCUT2D eigenvalue weighted by Gasteiger charge is -2.72. The van der Waals surface area contributed by atoms with E-state index in [0.717, 1.165) is 74.8 Å². The Balaban J connectivity index is 1.11. The van der Waals surface area contributed by atoms with Crippen LogP contribution in [0.4, 0.5) is 0 Å². The second kappa shape index (κ2) is 13.2. The highest BCUT2D eigenvalue weighted by Crippen LogP contribution is 2.79. The van der Waals surface area contributed by atoms with Gasteiger partial charge in [0, 0.05) is 73.2 Å². The number of H-pyrrole nitrogens is 1. The number of rotatable bonds is 8. The summed E-state index contributed by atoms with van der Waals surface area (Å²) < 4.78 is 14.1. The summed E-state index contributed by atoms with van der Waals surface area (Å²) in [4.78, 5) is 32.4. The Bertz CT molecular complexity index is 2310. The van der Waals surface area contributed by atoms with Crippen LogP contribution in [0, 0.1) is 51.2 Å². The van der Waals surface area contributed by atoms with Gasteiger partial charge in [-0.15, -0.1) is 0 Å². The number of aliphatic hydroxyl groups is 2. The van der Waals surface area contributed by atoms with Gasteiger partial charge < -0.3 is 29.2 Å². The maximum absolute atomic E-state index is 15.1. The van der Waals surface area contributed by atoms with Crippen molar-refractivity contribution in [3.05, 3.63) is 70.1 Å². The quantitative estimate of drug-likeness (QED) is 0.195. The first-order valence-electron chi connectivity index (χ1n) is 23.4. The largest absolute Gasteiger partial charge is 0.392 e. The first-order valence-corrected chi connectivity index (χ1v) is 23.4. The zero-order valence-electron chi connectivity index (χ0n) is 37.8. The van der Waals surface area contributed by atoms with Crippen molar-refractivity contribution in [3.8, 4) is 0 Å². The number of hydrogen-bond donors (Lipinski definition) is 3. The van der Waals surface area contributed by atoms with E-state index in [2.05, 4.69) is 88.5 Å². The molecule has 1 aromatic carbocycles. The summed E-state index contributed by atoms with van der Waals surface area (Å²) in [6.45, 7) is 22.2. The number of aryl methyl sites for hydroxylation is 1. The van der Waals surface area contributed by atoms with Crippen LogP contribution in [-0.4, -0.2) is 68.5 Å². The molecular weight excluding hydrogens is 749 g/mol. The van der Waals surface area contributed by atoms with Crippen LogP contribution in [-0.2, 0) is 32.0 Å². The van der Waals surface area contributed by atoms with E-state index in [0.29, 0.717) is 43.9 Å². The number of nitrogens with one attached hydrogen (secondary N) is 1. The van der Waals surface area contributed by atoms with E-state index in [1.165, 1.54) is 27.8 Å². The number of epoxide rings is 1. The number of benzene rings is 1. The fraction of sp³-hybridized carbons (Fsp3) is 0.692. The van der Waals surface area contributed by atoms with Crippen LogP contribution >= 0.6 is 0 Å². The van der Waals surface area contributed by atoms with E-state index < -0.39 is 33.9 Å². The molecule has 3 saturated carbocycles. The lowest BCUT2D eigenvalue weighted by Crippen LogP contribution is -2.71. The molecule has 8 nitrogen and oxygen atoms in total. The molecule has 0 bridgehead atoms. The van der Waals surface area contributed by atoms with E-state index in [1.807, 2.05) is 20.0 Å². The number of nitrogens with zero attached hydrogens (tertiary/aromatic N) is 1. The summed E-state index contributed by atoms with van der Waals surface area (Å²) in [7, 11) is 0. The number of fused-ring (bicyclic) bond motifs is 5. The average molecular weight is 819 g/mol. The number of Topliss-reactive ketones (excluding diaryl/α,β-unsaturated/α-hetero) is 2. The first kappa shape index (κ1) is 41.0. The van der Waals surface area contributed by atoms with E-state index in [1.54, 1.807) is 0 Å². The fourth-order valence-electron chi connectivity index (χ4n) is 15.9. The van der Waals surface area contributed by atoms with Gasteiger partial charge in [-0.25, -0.2) is 0 Å². The molecule has 0 amide bonds. The number of carbonyl (C=O) groups is 2. The summed E-state index contributed by atoms with van der Waals surface area (Å²) in [6, 6.07) is 9.27. The Labute approximate surface area is 357 Å². The molecule has 7 aliphatic rings. The van der Waals surface area contributed by atoms with Crippen molar-refractivity contribution in [2.75, 3.05) is 13.2 Å². The molecule has 5 fully saturated rings. The third kappa shape index (κ3) is 5.61. The number of hydrogen-bond acceptors (Lipinski definition) is 6. The molecule has 2 saturated heterocycles. The lowest BCUT2D eigenvalue weighted by molar-refractivity contribution is -0.240. The van der Waals surface area contributed by atoms with Crippen molar-refractivity contribution in [2.24, 2.45) is 44.3 Å². The molecule has 0 spiro atoms. The molecule has 2 aromatic heterocycles. The summed E-state index contributed by atoms with van der Waals surface area (Å²) in [5.74, 6) is 1.12. The minimum absolute atomic E-state index is 0.0970. The smallest absolute Gasteiger partial charge is 0.160 e. The summed E-state index contributed by atoms with van der Waals surface area (Å²) in [5.41, 5.74) is 6.33. The molecule has 2 aliphatic heterocycles. The normalized spacial score (nSPS) is 40.0. The first-order chi connectivity index (χ1) is 28.2. The van der Waals surface area contributed by atoms with Gasteiger partial charge in [0.05, 0.1) is 28.8 Å². The third-order valence-corrected chi connectivity index (χ3v) is 19.0. The Kier molecular flexibility index (Phi) is 9.05. The Morgan fingerprint density at radius 1 is 0.950 bits per heavy atom. The molecule has 8 heteroatoms. The second-order valence-corrected chi connectivity index (χ2v) is 23.2. The minimum atomic E-state index is -0.720. The van der Waals surface area contributed by atoms with Crippen molar-refractivity contribution in [2.45, 2.75) is 169 Å². The molecule has 60 heavy (non-hydrogen) atoms. The third-order valence-electron chi connectivity index (χ3n) is 19.0. The molecule has 0 radical (unpaired) electrons. The minimum Gasteiger partial charge on any atom is -0.392 e. The molecule has 10 atom stereocenters. The van der Waals surface area contributed by atoms with E-state index in [-0.39, 0.29) is 40.2 Å². The molecule has 5 aliphatic carbocycles. The number of ether oxygens (including phenoxy) is 2. The molecule has 4 heterocycles. The van der Waals surface area contributed by atoms with Gasteiger partial charge in [-0.1, -0.05) is 65.3 Å². The highest BCUT2D eigenvalue weighted by Gasteiger charge is 2.76. The highest BCUT2D eigenvalue weighted by atomic mass is 16.6. The summed E-state index contributed by atoms with van der Waals surface area (Å²) in [5, 5.41) is 25.5. The Morgan fingerprint density at radius 3 is 2.40 bits per heavy atom. The van der Waals surface area contributed by atoms with Crippen LogP contribution in [0.5, 0.6) is 0 Å². The maximum Gasteiger partial charge on any atom is 0.160 e. The standard InChI is InChI=1S/C52H70N2O6/c1-30-22-31(24-33(23-30)32-13-20-59-21-14-32)25-34-28-54(35-12-19-53-41(34)35)29-52-18-17-48(6,26-37(56)45-47(4,5)60-45)40-36(55)27-51(9,42(40)52)50(8)16-10-38-46(2,3)39(57)11-15-49(38,7)43(50)44(52)58/h12,19,22-24,28,32,37-38,43-45,53,56,58H,10-11,13-18,20-21,25-27,29H2,1-9H3/t37-,38+,43-,44+,45-,48+,49-,50+,51+,52-/m1/s1. The van der Waals surface area contributed by atoms with Crippen LogP contribution in [0.3, 0.4) is 0 Å². The van der Waals surface area contributed by atoms with Crippen molar-refractivity contribution in [1.29, 1.82) is 0 Å². The second-order valence-electron chi connectivity index (χ2n) is 23.2. The summed E-state index contributed by atoms with van der Waals surface area (Å²) >= 11 is 0. The van der Waals surface area contributed by atoms with Crippen LogP contribution in [0.1, 0.15) is 148 Å². The number of allylic oxidation sites excluding steroid dienone is 1. The number of ketones is 2. The van der Waals surface area contributed by atoms with Crippen molar-refractivity contribution < 1.29 is 29.3 Å². The SMILES string of the molecule is Cc1cc(Cc2cn(C[C@]34CC[C@@](C)(C[C@@H](O)[C@H]5OC5(C)C)C5=C3[C@](C)(CC5=O)[C@@]3(C)CC[C@H]5C(C)(C)C(=O)CC[C@@]5(C)[C@H]3[C@@H]4O)c3cc[nH]c23)cc(C2CCOCC2)c1. The fourth-order valence-corrected chi connectivity index (χ4v) is 15.9. The molecule has 0 unspecified atom stereocenters. The average Bonchev–Trinajstić information content (AvgIpc) is 3.47. The molecular formula is C52H70N2O6. The summed E-state index contributed by atoms with van der Waals surface area (Å²) in [6.07, 6.45) is 11.0. The number of aliphatic hydroxyl groups excluding tert-OH is 2. The van der Waals surface area contributed by atoms with Gasteiger partial charge in [0.1, 0.15) is 11.9 Å². The molecule has 3 N–H and O–H groups in total. The van der Waals surface area contributed by atoms with E-state index in [9.17, 15) is 15.0 Å². The predicted octanol–water partition coefficient (Wildman–Crippen LogP) is 9.56. The van der Waals surface area contributed by atoms with Crippen molar-refractivity contribution >= 4 is 22.6 Å². The number of aromatic nitrogens is 2. The van der Waals surface area contributed by atoms with Gasteiger partial charge in [-0.2, -0.15) is 0 Å². The monoisotopic (exact) mass is 819 g/mol. The predicted molar refractivity (Wildman–Crippen MR) is 234 cm³/mol. The Morgan fingerprint density at radius 2 is 1.68 bits per heavy atom. The topological polar surface area (TPSA) is 117 Å². The number of carbonyl (C=O) groups excluding carboxylic acids is 2. The van der Waals surface area contributed by atoms with Gasteiger partial charge in [-0.3, -0.25) is 9.59 Å². The lowest BCUT2D eigenvalue weighted by atomic mass is 9.32. The van der Waals surface area contributed by atoms with Crippen molar-refractivity contribution in [3.63, 3.8) is 0 Å². The molecule has 10 rings (SSSR count). The zero-order valence-corrected chi connectivity index (χ0v) is 37.8. The van der Waals surface area contributed by atoms with Crippen LogP contribution < -0.4 is 0 Å². The van der Waals surface area contributed by atoms with Crippen LogP contribution in [0.2, 0.25) is 0 Å². The van der Waals surface area contributed by atoms with E-state index >= 15 is 4.79 Å². The van der Waals surface area contributed by atoms with Gasteiger partial charge in [0.2, 0.25) is 0 Å². The van der Waals surface area contributed by atoms with Crippen LogP contribution in [0.15, 0.2) is 47.8 Å². The van der Waals surface area contributed by atoms with Gasteiger partial charge in [0.25, 0.3) is 0 Å². The Hall–Kier alpha value is -3.04.